The zero-order chi connectivity index (χ0) is 5.70. The van der Waals surface area contributed by atoms with Gasteiger partial charge in [-0.1, -0.05) is 12.6 Å². The third-order valence-corrected chi connectivity index (χ3v) is 2.33. The van der Waals surface area contributed by atoms with Crippen molar-refractivity contribution in [2.45, 2.75) is 18.9 Å². The first-order valence-corrected chi connectivity index (χ1v) is 5.84. The summed E-state index contributed by atoms with van der Waals surface area (Å²) in [4.78, 5) is 0. The number of hydrogen-bond donors (Lipinski definition) is 0. The highest BCUT2D eigenvalue weighted by Gasteiger charge is 2.01. The molecule has 42 valence electrons. The molecule has 0 aliphatic heterocycles. The van der Waals surface area contributed by atoms with Crippen LogP contribution in [0, 0.1) is 0 Å². The van der Waals surface area contributed by atoms with Crippen molar-refractivity contribution in [2.75, 3.05) is 0 Å². The second-order valence-electron chi connectivity index (χ2n) is 1.53. The van der Waals surface area contributed by atoms with Crippen LogP contribution in [-0.4, -0.2) is 15.1 Å². The average molecular weight is 155 g/mol. The molecule has 0 atom stereocenters. The Balaban J connectivity index is 2.68. The van der Waals surface area contributed by atoms with Gasteiger partial charge in [0, 0.05) is 9.52 Å². The molecule has 0 aromatic heterocycles. The molecule has 0 heterocycles. The molecule has 0 bridgehead atoms. The minimum atomic E-state index is -0.118. The molecular formula is C3H9BCl2Si. The van der Waals surface area contributed by atoms with Gasteiger partial charge >= 0.3 is 5.54 Å². The van der Waals surface area contributed by atoms with Crippen molar-refractivity contribution in [1.82, 2.24) is 0 Å². The second kappa shape index (κ2) is 5.01. The SMILES string of the molecule is C[SiH2]CCB(Cl)Cl. The molecular weight excluding hydrogens is 146 g/mol. The van der Waals surface area contributed by atoms with Crippen molar-refractivity contribution >= 4 is 38.0 Å². The maximum atomic E-state index is 5.44. The maximum absolute atomic E-state index is 5.44. The highest BCUT2D eigenvalue weighted by atomic mass is 35.5. The maximum Gasteiger partial charge on any atom is 0.351 e. The van der Waals surface area contributed by atoms with Crippen molar-refractivity contribution < 1.29 is 0 Å². The predicted molar refractivity (Wildman–Crippen MR) is 41.5 cm³/mol. The third kappa shape index (κ3) is 6.86. The zero-order valence-electron chi connectivity index (χ0n) is 4.45. The van der Waals surface area contributed by atoms with E-state index in [1.165, 1.54) is 6.04 Å². The van der Waals surface area contributed by atoms with Gasteiger partial charge in [-0.3, -0.25) is 0 Å². The predicted octanol–water partition coefficient (Wildman–Crippen LogP) is 1.59. The molecule has 0 aromatic carbocycles. The summed E-state index contributed by atoms with van der Waals surface area (Å²) in [7, 11) is 0.202. The molecule has 0 spiro atoms. The summed E-state index contributed by atoms with van der Waals surface area (Å²) < 4.78 is 0. The highest BCUT2D eigenvalue weighted by molar-refractivity contribution is 7.33. The standard InChI is InChI=1S/C3H9BCl2Si/c1-7-3-2-4(5)6/h2-3,7H2,1H3. The van der Waals surface area contributed by atoms with Gasteiger partial charge in [-0.25, -0.2) is 0 Å². The Bertz CT molecular complexity index is 41.9. The first kappa shape index (κ1) is 7.86. The molecule has 0 rings (SSSR count). The molecule has 0 aromatic rings. The quantitative estimate of drug-likeness (QED) is 0.542. The Hall–Kier alpha value is 0.862. The van der Waals surface area contributed by atoms with Crippen LogP contribution in [-0.2, 0) is 0 Å². The van der Waals surface area contributed by atoms with Crippen LogP contribution in [0.1, 0.15) is 0 Å². The summed E-state index contributed by atoms with van der Waals surface area (Å²) in [5.74, 6) is 0. The van der Waals surface area contributed by atoms with Crippen LogP contribution in [0.25, 0.3) is 0 Å². The van der Waals surface area contributed by atoms with Crippen LogP contribution < -0.4 is 0 Å². The smallest absolute Gasteiger partial charge is 0.172 e. The van der Waals surface area contributed by atoms with E-state index in [9.17, 15) is 0 Å². The van der Waals surface area contributed by atoms with Gasteiger partial charge in [0.25, 0.3) is 0 Å². The average Bonchev–Trinajstić information content (AvgIpc) is 1.61. The van der Waals surface area contributed by atoms with E-state index in [1.807, 2.05) is 0 Å². The fourth-order valence-electron chi connectivity index (χ4n) is 0.358. The van der Waals surface area contributed by atoms with Crippen molar-refractivity contribution in [1.29, 1.82) is 0 Å². The lowest BCUT2D eigenvalue weighted by Crippen LogP contribution is -1.92. The van der Waals surface area contributed by atoms with Crippen LogP contribution in [0.5, 0.6) is 0 Å². The Morgan fingerprint density at radius 1 is 1.57 bits per heavy atom. The Morgan fingerprint density at radius 3 is 2.29 bits per heavy atom. The Kier molecular flexibility index (Phi) is 5.62. The summed E-state index contributed by atoms with van der Waals surface area (Å²) in [5, 5.41) is 0. The van der Waals surface area contributed by atoms with Gasteiger partial charge in [0.1, 0.15) is 0 Å². The van der Waals surface area contributed by atoms with E-state index in [0.29, 0.717) is 0 Å². The lowest BCUT2D eigenvalue weighted by Gasteiger charge is -1.89. The van der Waals surface area contributed by atoms with Gasteiger partial charge in [0.2, 0.25) is 0 Å². The second-order valence-corrected chi connectivity index (χ2v) is 4.52. The Morgan fingerprint density at radius 2 is 2.14 bits per heavy atom. The molecule has 0 aliphatic carbocycles. The number of halogens is 2. The summed E-state index contributed by atoms with van der Waals surface area (Å²) in [6.45, 7) is 2.26. The van der Waals surface area contributed by atoms with Crippen LogP contribution >= 0.6 is 22.9 Å². The molecule has 4 heteroatoms. The van der Waals surface area contributed by atoms with E-state index in [4.69, 9.17) is 22.9 Å². The van der Waals surface area contributed by atoms with Gasteiger partial charge in [-0.05, 0) is 6.32 Å². The van der Waals surface area contributed by atoms with E-state index >= 15 is 0 Å². The largest absolute Gasteiger partial charge is 0.351 e. The van der Waals surface area contributed by atoms with Gasteiger partial charge in [-0.15, -0.1) is 0 Å². The van der Waals surface area contributed by atoms with Crippen molar-refractivity contribution in [3.8, 4) is 0 Å². The van der Waals surface area contributed by atoms with Gasteiger partial charge in [0.15, 0.2) is 0 Å². The fourth-order valence-corrected chi connectivity index (χ4v) is 2.00. The monoisotopic (exact) mass is 154 g/mol. The molecule has 0 unspecified atom stereocenters. The minimum Gasteiger partial charge on any atom is -0.172 e. The lowest BCUT2D eigenvalue weighted by molar-refractivity contribution is 1.42. The van der Waals surface area contributed by atoms with Crippen LogP contribution in [0.2, 0.25) is 18.9 Å². The van der Waals surface area contributed by atoms with Crippen molar-refractivity contribution in [3.05, 3.63) is 0 Å². The zero-order valence-corrected chi connectivity index (χ0v) is 7.38. The summed E-state index contributed by atoms with van der Waals surface area (Å²) in [6.07, 6.45) is 0.992. The molecule has 0 nitrogen and oxygen atoms in total. The molecule has 7 heavy (non-hydrogen) atoms. The van der Waals surface area contributed by atoms with E-state index in [2.05, 4.69) is 6.55 Å². The van der Waals surface area contributed by atoms with E-state index in [-0.39, 0.29) is 15.1 Å². The summed E-state index contributed by atoms with van der Waals surface area (Å²) >= 11 is 10.9. The molecule has 0 radical (unpaired) electrons. The highest BCUT2D eigenvalue weighted by Crippen LogP contribution is 2.05. The number of rotatable bonds is 3. The first-order chi connectivity index (χ1) is 3.27. The topological polar surface area (TPSA) is 0 Å². The minimum absolute atomic E-state index is 0.118. The molecule has 0 amide bonds. The van der Waals surface area contributed by atoms with E-state index in [0.717, 1.165) is 6.32 Å². The van der Waals surface area contributed by atoms with Crippen LogP contribution in [0.15, 0.2) is 0 Å². The van der Waals surface area contributed by atoms with Crippen LogP contribution in [0.4, 0.5) is 0 Å². The van der Waals surface area contributed by atoms with Crippen LogP contribution in [0.3, 0.4) is 0 Å². The van der Waals surface area contributed by atoms with Gasteiger partial charge in [-0.2, -0.15) is 22.9 Å². The lowest BCUT2D eigenvalue weighted by atomic mass is 10.0. The van der Waals surface area contributed by atoms with E-state index < -0.39 is 0 Å². The molecule has 0 saturated carbocycles. The van der Waals surface area contributed by atoms with E-state index in [1.54, 1.807) is 0 Å². The normalized spacial score (nSPS) is 10.7. The first-order valence-electron chi connectivity index (χ1n) is 2.55. The van der Waals surface area contributed by atoms with Gasteiger partial charge < -0.3 is 0 Å². The molecule has 0 fully saturated rings. The van der Waals surface area contributed by atoms with Gasteiger partial charge in [0.05, 0.1) is 0 Å². The fraction of sp³-hybridized carbons (Fsp3) is 1.00. The molecule has 0 aliphatic rings. The van der Waals surface area contributed by atoms with Crippen molar-refractivity contribution in [3.63, 3.8) is 0 Å². The summed E-state index contributed by atoms with van der Waals surface area (Å²) in [6, 6.07) is 1.28. The third-order valence-electron chi connectivity index (χ3n) is 0.776. The van der Waals surface area contributed by atoms with Crippen molar-refractivity contribution in [2.24, 2.45) is 0 Å². The molecule has 0 saturated heterocycles. The molecule has 0 N–H and O–H groups in total. The summed E-state index contributed by atoms with van der Waals surface area (Å²) in [5.41, 5.74) is -0.118. The number of hydrogen-bond acceptors (Lipinski definition) is 0. The Labute approximate surface area is 57.3 Å².